The molecule has 4 nitrogen and oxygen atoms in total. The molecule has 0 unspecified atom stereocenters. The van der Waals surface area contributed by atoms with Gasteiger partial charge in [-0.15, -0.1) is 0 Å². The van der Waals surface area contributed by atoms with Crippen LogP contribution in [0.25, 0.3) is 0 Å². The molecule has 1 aliphatic heterocycles. The van der Waals surface area contributed by atoms with Gasteiger partial charge in [0, 0.05) is 15.8 Å². The number of hydrogen-bond donors (Lipinski definition) is 0. The van der Waals surface area contributed by atoms with Crippen molar-refractivity contribution >= 4 is 40.0 Å². The van der Waals surface area contributed by atoms with E-state index >= 15 is 0 Å². The van der Waals surface area contributed by atoms with Gasteiger partial charge in [-0.2, -0.15) is 5.26 Å². The molecule has 2 atom stereocenters. The zero-order valence-corrected chi connectivity index (χ0v) is 13.3. The lowest BCUT2D eigenvalue weighted by molar-refractivity contribution is -0.135. The number of amides is 1. The van der Waals surface area contributed by atoms with E-state index in [4.69, 9.17) is 5.26 Å². The van der Waals surface area contributed by atoms with E-state index in [9.17, 15) is 9.59 Å². The first-order valence-corrected chi connectivity index (χ1v) is 7.62. The fraction of sp³-hybridized carbons (Fsp3) is 0.400. The van der Waals surface area contributed by atoms with Gasteiger partial charge in [-0.25, -0.2) is 0 Å². The van der Waals surface area contributed by atoms with Crippen LogP contribution < -0.4 is 4.90 Å². The van der Waals surface area contributed by atoms with Crippen molar-refractivity contribution in [2.24, 2.45) is 11.8 Å². The van der Waals surface area contributed by atoms with Crippen molar-refractivity contribution in [3.63, 3.8) is 0 Å². The second-order valence-corrected chi connectivity index (χ2v) is 6.16. The highest BCUT2D eigenvalue weighted by Crippen LogP contribution is 2.27. The quantitative estimate of drug-likeness (QED) is 0.597. The number of hydrogen-bond acceptors (Lipinski definition) is 3. The van der Waals surface area contributed by atoms with Crippen LogP contribution in [0.5, 0.6) is 0 Å². The summed E-state index contributed by atoms with van der Waals surface area (Å²) in [5.41, 5.74) is 0.817. The van der Waals surface area contributed by atoms with E-state index in [1.165, 1.54) is 0 Å². The molecular formula is C15H15IN2O2. The maximum absolute atomic E-state index is 12.5. The van der Waals surface area contributed by atoms with Gasteiger partial charge in [-0.3, -0.25) is 9.59 Å². The minimum atomic E-state index is -0.722. The largest absolute Gasteiger partial charge is 0.312 e. The van der Waals surface area contributed by atoms with Crippen molar-refractivity contribution in [3.05, 3.63) is 27.8 Å². The minimum absolute atomic E-state index is 0.176. The number of halogens is 1. The van der Waals surface area contributed by atoms with Crippen LogP contribution in [-0.4, -0.2) is 18.2 Å². The molecule has 0 bridgehead atoms. The summed E-state index contributed by atoms with van der Waals surface area (Å²) in [4.78, 5) is 26.2. The van der Waals surface area contributed by atoms with Gasteiger partial charge in [-0.05, 0) is 66.6 Å². The van der Waals surface area contributed by atoms with Crippen LogP contribution in [0.4, 0.5) is 5.69 Å². The summed E-state index contributed by atoms with van der Waals surface area (Å²) in [6.07, 6.45) is 1.33. The maximum Gasteiger partial charge on any atom is 0.237 e. The highest BCUT2D eigenvalue weighted by molar-refractivity contribution is 14.1. The molecule has 0 radical (unpaired) electrons. The van der Waals surface area contributed by atoms with E-state index in [0.717, 1.165) is 15.7 Å². The normalized spacial score (nSPS) is 20.4. The van der Waals surface area contributed by atoms with Crippen LogP contribution in [0, 0.1) is 26.7 Å². The predicted octanol–water partition coefficient (Wildman–Crippen LogP) is 2.76. The third-order valence-electron chi connectivity index (χ3n) is 3.54. The molecule has 104 valence electrons. The van der Waals surface area contributed by atoms with Gasteiger partial charge in [0.2, 0.25) is 5.91 Å². The van der Waals surface area contributed by atoms with E-state index in [0.29, 0.717) is 13.0 Å². The van der Waals surface area contributed by atoms with Gasteiger partial charge in [0.25, 0.3) is 0 Å². The Hall–Kier alpha value is -1.42. The summed E-state index contributed by atoms with van der Waals surface area (Å²) in [5, 5.41) is 8.84. The number of nitriles is 1. The molecule has 1 aliphatic rings. The topological polar surface area (TPSA) is 61.2 Å². The molecule has 1 saturated heterocycles. The summed E-state index contributed by atoms with van der Waals surface area (Å²) in [7, 11) is 0. The lowest BCUT2D eigenvalue weighted by Crippen LogP contribution is -2.45. The van der Waals surface area contributed by atoms with Crippen LogP contribution in [-0.2, 0) is 9.59 Å². The molecule has 0 aliphatic carbocycles. The SMILES string of the molecule is C[C@@H](C#N)C(=O)[C@H]1CCCN(c2ccc(I)cc2)C1=O. The molecule has 0 saturated carbocycles. The third-order valence-corrected chi connectivity index (χ3v) is 4.26. The van der Waals surface area contributed by atoms with Gasteiger partial charge in [0.05, 0.1) is 12.0 Å². The van der Waals surface area contributed by atoms with Crippen molar-refractivity contribution in [1.82, 2.24) is 0 Å². The first-order valence-electron chi connectivity index (χ1n) is 6.55. The number of carbonyl (C=O) groups is 2. The van der Waals surface area contributed by atoms with Crippen molar-refractivity contribution in [2.45, 2.75) is 19.8 Å². The third kappa shape index (κ3) is 3.01. The average molecular weight is 382 g/mol. The fourth-order valence-corrected chi connectivity index (χ4v) is 2.74. The molecule has 0 aromatic heterocycles. The molecule has 1 aromatic rings. The number of carbonyl (C=O) groups excluding carboxylic acids is 2. The second kappa shape index (κ2) is 6.35. The number of nitrogens with zero attached hydrogens (tertiary/aromatic N) is 2. The van der Waals surface area contributed by atoms with Crippen molar-refractivity contribution in [2.75, 3.05) is 11.4 Å². The molecule has 2 rings (SSSR count). The fourth-order valence-electron chi connectivity index (χ4n) is 2.38. The molecule has 1 aromatic carbocycles. The zero-order valence-electron chi connectivity index (χ0n) is 11.2. The van der Waals surface area contributed by atoms with Crippen LogP contribution in [0.15, 0.2) is 24.3 Å². The summed E-state index contributed by atoms with van der Waals surface area (Å²) >= 11 is 2.21. The van der Waals surface area contributed by atoms with Gasteiger partial charge < -0.3 is 4.90 Å². The molecule has 0 spiro atoms. The molecular weight excluding hydrogens is 367 g/mol. The number of benzene rings is 1. The Morgan fingerprint density at radius 1 is 1.45 bits per heavy atom. The van der Waals surface area contributed by atoms with E-state index in [-0.39, 0.29) is 11.7 Å². The Bertz CT molecular complexity index is 562. The molecule has 5 heteroatoms. The monoisotopic (exact) mass is 382 g/mol. The Kier molecular flexibility index (Phi) is 4.76. The van der Waals surface area contributed by atoms with E-state index in [2.05, 4.69) is 22.6 Å². The van der Waals surface area contributed by atoms with Crippen LogP contribution in [0.3, 0.4) is 0 Å². The van der Waals surface area contributed by atoms with Gasteiger partial charge >= 0.3 is 0 Å². The zero-order chi connectivity index (χ0) is 14.7. The summed E-state index contributed by atoms with van der Waals surface area (Å²) < 4.78 is 1.10. The average Bonchev–Trinajstić information content (AvgIpc) is 2.47. The minimum Gasteiger partial charge on any atom is -0.312 e. The maximum atomic E-state index is 12.5. The van der Waals surface area contributed by atoms with Gasteiger partial charge in [-0.1, -0.05) is 0 Å². The summed E-state index contributed by atoms with van der Waals surface area (Å²) in [6.45, 7) is 2.18. The summed E-state index contributed by atoms with van der Waals surface area (Å²) in [6, 6.07) is 9.58. The van der Waals surface area contributed by atoms with Gasteiger partial charge in [0.1, 0.15) is 5.92 Å². The van der Waals surface area contributed by atoms with Crippen molar-refractivity contribution in [1.29, 1.82) is 5.26 Å². The Morgan fingerprint density at radius 2 is 2.10 bits per heavy atom. The van der Waals surface area contributed by atoms with Crippen LogP contribution in [0.2, 0.25) is 0 Å². The first kappa shape index (κ1) is 15.0. The first-order chi connectivity index (χ1) is 9.54. The molecule has 20 heavy (non-hydrogen) atoms. The predicted molar refractivity (Wildman–Crippen MR) is 84.0 cm³/mol. The second-order valence-electron chi connectivity index (χ2n) is 4.91. The number of anilines is 1. The smallest absolute Gasteiger partial charge is 0.237 e. The van der Waals surface area contributed by atoms with E-state index in [1.54, 1.807) is 11.8 Å². The van der Waals surface area contributed by atoms with E-state index in [1.807, 2.05) is 30.3 Å². The standard InChI is InChI=1S/C15H15IN2O2/c1-10(9-17)14(19)13-3-2-8-18(15(13)20)12-6-4-11(16)5-7-12/h4-7,10,13H,2-3,8H2,1H3/t10-,13+/m0/s1. The van der Waals surface area contributed by atoms with Crippen LogP contribution in [0.1, 0.15) is 19.8 Å². The van der Waals surface area contributed by atoms with Gasteiger partial charge in [0.15, 0.2) is 5.78 Å². The Morgan fingerprint density at radius 3 is 2.70 bits per heavy atom. The Balaban J connectivity index is 2.21. The van der Waals surface area contributed by atoms with Crippen molar-refractivity contribution in [3.8, 4) is 6.07 Å². The lowest BCUT2D eigenvalue weighted by Gasteiger charge is -2.32. The highest BCUT2D eigenvalue weighted by Gasteiger charge is 2.36. The van der Waals surface area contributed by atoms with Crippen LogP contribution >= 0.6 is 22.6 Å². The molecule has 1 amide bonds. The molecule has 1 fully saturated rings. The van der Waals surface area contributed by atoms with E-state index < -0.39 is 11.8 Å². The van der Waals surface area contributed by atoms with Crippen molar-refractivity contribution < 1.29 is 9.59 Å². The number of Topliss-reactive ketones (excluding diaryl/α,β-unsaturated/α-hetero) is 1. The Labute approximate surface area is 131 Å². The molecule has 1 heterocycles. The number of piperidine rings is 1. The number of ketones is 1. The molecule has 0 N–H and O–H groups in total. The lowest BCUT2D eigenvalue weighted by atomic mass is 9.87. The summed E-state index contributed by atoms with van der Waals surface area (Å²) in [5.74, 6) is -1.82. The highest BCUT2D eigenvalue weighted by atomic mass is 127. The number of rotatable bonds is 3.